The molecule has 0 saturated carbocycles. The molecule has 1 fully saturated rings. The first-order valence-corrected chi connectivity index (χ1v) is 13.7. The number of ether oxygens (including phenoxy) is 3. The fraction of sp³-hybridized carbons (Fsp3) is 0.533. The number of carbonyl (C=O) groups is 2. The van der Waals surface area contributed by atoms with Gasteiger partial charge in [0.1, 0.15) is 11.4 Å². The first-order chi connectivity index (χ1) is 18.4. The van der Waals surface area contributed by atoms with Gasteiger partial charge in [-0.3, -0.25) is 4.79 Å². The molecule has 0 aromatic heterocycles. The fourth-order valence-corrected chi connectivity index (χ4v) is 5.05. The van der Waals surface area contributed by atoms with Crippen LogP contribution in [0.5, 0.6) is 5.75 Å². The molecule has 2 aromatic rings. The van der Waals surface area contributed by atoms with Gasteiger partial charge in [-0.1, -0.05) is 0 Å². The monoisotopic (exact) mass is 538 g/mol. The molecule has 9 nitrogen and oxygen atoms in total. The van der Waals surface area contributed by atoms with Crippen LogP contribution in [0.15, 0.2) is 36.4 Å². The Morgan fingerprint density at radius 3 is 2.36 bits per heavy atom. The maximum absolute atomic E-state index is 12.6. The van der Waals surface area contributed by atoms with E-state index in [0.29, 0.717) is 25.3 Å². The van der Waals surface area contributed by atoms with Crippen LogP contribution in [-0.4, -0.2) is 74.5 Å². The molecule has 1 N–H and O–H groups in total. The standard InChI is InChI=1S/C30H42N4O5/c1-20-15-23(9-11-25(20)33-17-21(2)38-22(3)18-33)31-24-10-12-26-27(16-24)37-19-28(35)34(26)14-8-13-32(7)29(36)39-30(4,5)6/h9-12,15-16,21-22,31H,8,13-14,17-19H2,1-7H3. The molecule has 212 valence electrons. The summed E-state index contributed by atoms with van der Waals surface area (Å²) in [5, 5.41) is 3.47. The number of benzene rings is 2. The Balaban J connectivity index is 1.39. The molecule has 9 heteroatoms. The maximum Gasteiger partial charge on any atom is 0.410 e. The van der Waals surface area contributed by atoms with Gasteiger partial charge < -0.3 is 34.2 Å². The highest BCUT2D eigenvalue weighted by Gasteiger charge is 2.27. The Bertz CT molecular complexity index is 1180. The number of amides is 2. The van der Waals surface area contributed by atoms with Gasteiger partial charge in [0.2, 0.25) is 0 Å². The second kappa shape index (κ2) is 11.7. The molecule has 0 bridgehead atoms. The van der Waals surface area contributed by atoms with Crippen LogP contribution in [0.4, 0.5) is 27.5 Å². The van der Waals surface area contributed by atoms with E-state index in [-0.39, 0.29) is 30.8 Å². The van der Waals surface area contributed by atoms with Crippen molar-refractivity contribution < 1.29 is 23.8 Å². The van der Waals surface area contributed by atoms with Crippen molar-refractivity contribution in [3.8, 4) is 5.75 Å². The highest BCUT2D eigenvalue weighted by molar-refractivity contribution is 5.98. The van der Waals surface area contributed by atoms with E-state index in [4.69, 9.17) is 14.2 Å². The van der Waals surface area contributed by atoms with Gasteiger partial charge in [0.05, 0.1) is 17.9 Å². The molecule has 0 aliphatic carbocycles. The van der Waals surface area contributed by atoms with E-state index in [1.54, 1.807) is 11.9 Å². The number of hydrogen-bond donors (Lipinski definition) is 1. The molecule has 2 amide bonds. The van der Waals surface area contributed by atoms with Crippen molar-refractivity contribution in [2.24, 2.45) is 0 Å². The fourth-order valence-electron chi connectivity index (χ4n) is 5.05. The third-order valence-electron chi connectivity index (χ3n) is 6.73. The van der Waals surface area contributed by atoms with E-state index in [9.17, 15) is 9.59 Å². The highest BCUT2D eigenvalue weighted by atomic mass is 16.6. The molecule has 2 aliphatic rings. The lowest BCUT2D eigenvalue weighted by Gasteiger charge is -2.37. The Hall–Kier alpha value is -3.46. The summed E-state index contributed by atoms with van der Waals surface area (Å²) in [6, 6.07) is 12.2. The van der Waals surface area contributed by atoms with E-state index in [0.717, 1.165) is 30.2 Å². The Morgan fingerprint density at radius 2 is 1.72 bits per heavy atom. The van der Waals surface area contributed by atoms with Crippen molar-refractivity contribution in [1.29, 1.82) is 0 Å². The molecule has 1 saturated heterocycles. The second-order valence-corrected chi connectivity index (χ2v) is 11.6. The van der Waals surface area contributed by atoms with Gasteiger partial charge in [-0.15, -0.1) is 0 Å². The first-order valence-electron chi connectivity index (χ1n) is 13.7. The second-order valence-electron chi connectivity index (χ2n) is 11.6. The van der Waals surface area contributed by atoms with Gasteiger partial charge >= 0.3 is 6.09 Å². The van der Waals surface area contributed by atoms with Crippen LogP contribution < -0.4 is 19.9 Å². The van der Waals surface area contributed by atoms with Gasteiger partial charge in [0, 0.05) is 56.4 Å². The van der Waals surface area contributed by atoms with Crippen LogP contribution >= 0.6 is 0 Å². The third-order valence-corrected chi connectivity index (χ3v) is 6.73. The molecular weight excluding hydrogens is 496 g/mol. The summed E-state index contributed by atoms with van der Waals surface area (Å²) in [4.78, 5) is 30.5. The summed E-state index contributed by atoms with van der Waals surface area (Å²) in [6.07, 6.45) is 0.662. The summed E-state index contributed by atoms with van der Waals surface area (Å²) >= 11 is 0. The third kappa shape index (κ3) is 7.35. The van der Waals surface area contributed by atoms with Gasteiger partial charge in [0.15, 0.2) is 6.61 Å². The lowest BCUT2D eigenvalue weighted by atomic mass is 10.1. The van der Waals surface area contributed by atoms with Gasteiger partial charge in [-0.2, -0.15) is 0 Å². The Morgan fingerprint density at radius 1 is 1.08 bits per heavy atom. The van der Waals surface area contributed by atoms with Crippen LogP contribution in [-0.2, 0) is 14.3 Å². The zero-order valence-corrected chi connectivity index (χ0v) is 24.2. The van der Waals surface area contributed by atoms with Crippen molar-refractivity contribution in [1.82, 2.24) is 4.90 Å². The number of nitrogens with zero attached hydrogens (tertiary/aromatic N) is 3. The predicted octanol–water partition coefficient (Wildman–Crippen LogP) is 5.33. The summed E-state index contributed by atoms with van der Waals surface area (Å²) in [6.45, 7) is 14.6. The maximum atomic E-state index is 12.6. The lowest BCUT2D eigenvalue weighted by molar-refractivity contribution is -0.121. The molecule has 39 heavy (non-hydrogen) atoms. The van der Waals surface area contributed by atoms with E-state index in [1.165, 1.54) is 16.2 Å². The number of carbonyl (C=O) groups excluding carboxylic acids is 2. The minimum absolute atomic E-state index is 0.0114. The molecular formula is C30H42N4O5. The summed E-state index contributed by atoms with van der Waals surface area (Å²) in [5.74, 6) is 0.561. The van der Waals surface area contributed by atoms with Crippen molar-refractivity contribution in [2.45, 2.75) is 65.8 Å². The molecule has 2 heterocycles. The molecule has 2 unspecified atom stereocenters. The predicted molar refractivity (Wildman–Crippen MR) is 154 cm³/mol. The highest BCUT2D eigenvalue weighted by Crippen LogP contribution is 2.36. The molecule has 2 aromatic carbocycles. The molecule has 4 rings (SSSR count). The minimum atomic E-state index is -0.545. The molecule has 0 radical (unpaired) electrons. The van der Waals surface area contributed by atoms with Crippen molar-refractivity contribution >= 4 is 34.7 Å². The van der Waals surface area contributed by atoms with Gasteiger partial charge in [-0.05, 0) is 83.9 Å². The summed E-state index contributed by atoms with van der Waals surface area (Å²) < 4.78 is 17.1. The van der Waals surface area contributed by atoms with Crippen LogP contribution in [0.2, 0.25) is 0 Å². The van der Waals surface area contributed by atoms with E-state index in [2.05, 4.69) is 49.2 Å². The van der Waals surface area contributed by atoms with Crippen LogP contribution in [0.1, 0.15) is 46.6 Å². The Labute approximate surface area is 232 Å². The van der Waals surface area contributed by atoms with E-state index < -0.39 is 5.60 Å². The SMILES string of the molecule is Cc1cc(Nc2ccc3c(c2)OCC(=O)N3CCCN(C)C(=O)OC(C)(C)C)ccc1N1CC(C)OC(C)C1. The number of morpholine rings is 1. The number of fused-ring (bicyclic) bond motifs is 1. The average Bonchev–Trinajstić information content (AvgIpc) is 2.83. The zero-order valence-electron chi connectivity index (χ0n) is 24.2. The summed E-state index contributed by atoms with van der Waals surface area (Å²) in [5.41, 5.74) is 4.48. The topological polar surface area (TPSA) is 83.6 Å². The van der Waals surface area contributed by atoms with Crippen molar-refractivity contribution in [3.63, 3.8) is 0 Å². The first kappa shape index (κ1) is 28.5. The van der Waals surface area contributed by atoms with Crippen LogP contribution in [0, 0.1) is 6.92 Å². The molecule has 2 atom stereocenters. The van der Waals surface area contributed by atoms with Crippen molar-refractivity contribution in [3.05, 3.63) is 42.0 Å². The van der Waals surface area contributed by atoms with Crippen LogP contribution in [0.3, 0.4) is 0 Å². The average molecular weight is 539 g/mol. The minimum Gasteiger partial charge on any atom is -0.481 e. The number of nitrogens with one attached hydrogen (secondary N) is 1. The number of anilines is 4. The van der Waals surface area contributed by atoms with Crippen LogP contribution in [0.25, 0.3) is 0 Å². The zero-order chi connectivity index (χ0) is 28.3. The number of aryl methyl sites for hydroxylation is 1. The van der Waals surface area contributed by atoms with E-state index >= 15 is 0 Å². The quantitative estimate of drug-likeness (QED) is 0.510. The molecule has 0 spiro atoms. The number of rotatable bonds is 7. The van der Waals surface area contributed by atoms with E-state index in [1.807, 2.05) is 39.0 Å². The normalized spacial score (nSPS) is 19.3. The lowest BCUT2D eigenvalue weighted by Crippen LogP contribution is -2.45. The smallest absolute Gasteiger partial charge is 0.410 e. The van der Waals surface area contributed by atoms with Crippen molar-refractivity contribution in [2.75, 3.05) is 55.0 Å². The Kier molecular flexibility index (Phi) is 8.59. The number of hydrogen-bond acceptors (Lipinski definition) is 7. The van der Waals surface area contributed by atoms with Gasteiger partial charge in [-0.25, -0.2) is 4.79 Å². The summed E-state index contributed by atoms with van der Waals surface area (Å²) in [7, 11) is 1.71. The largest absolute Gasteiger partial charge is 0.481 e. The van der Waals surface area contributed by atoms with Gasteiger partial charge in [0.25, 0.3) is 5.91 Å². The molecule has 2 aliphatic heterocycles.